The minimum absolute atomic E-state index is 0.0291. The van der Waals surface area contributed by atoms with Crippen LogP contribution in [0.4, 0.5) is 22.0 Å². The van der Waals surface area contributed by atoms with E-state index in [2.05, 4.69) is 4.98 Å². The predicted molar refractivity (Wildman–Crippen MR) is 166 cm³/mol. The summed E-state index contributed by atoms with van der Waals surface area (Å²) in [7, 11) is 0. The Morgan fingerprint density at radius 2 is 1.69 bits per heavy atom. The molecule has 0 aliphatic heterocycles. The molecule has 0 radical (unpaired) electrons. The number of carbonyl (C=O) groups excluding carboxylic acids is 1. The highest BCUT2D eigenvalue weighted by Crippen LogP contribution is 2.70. The van der Waals surface area contributed by atoms with Crippen molar-refractivity contribution in [2.45, 2.75) is 82.4 Å². The number of alkyl halides is 5. The van der Waals surface area contributed by atoms with Gasteiger partial charge in [-0.05, 0) is 103 Å². The van der Waals surface area contributed by atoms with E-state index in [1.807, 2.05) is 61.5 Å². The number of nitrogens with zero attached hydrogens (tertiary/aromatic N) is 1. The number of aryl methyl sites for hydroxylation is 1. The van der Waals surface area contributed by atoms with Crippen molar-refractivity contribution in [2.24, 2.45) is 17.3 Å². The number of fused-ring (bicyclic) bond motifs is 5. The Morgan fingerprint density at radius 1 is 0.978 bits per heavy atom. The van der Waals surface area contributed by atoms with E-state index in [9.17, 15) is 23.1 Å². The molecule has 3 nitrogen and oxygen atoms in total. The largest absolute Gasteiger partial charge is 0.456 e. The van der Waals surface area contributed by atoms with Gasteiger partial charge in [0.25, 0.3) is 0 Å². The highest BCUT2D eigenvalue weighted by Gasteiger charge is 2.79. The summed E-state index contributed by atoms with van der Waals surface area (Å²) < 4.78 is 73.0. The molecule has 3 aromatic rings. The average Bonchev–Trinajstić information content (AvgIpc) is 3.50. The number of aromatic nitrogens is 1. The molecule has 236 valence electrons. The maximum atomic E-state index is 15.2. The molecule has 2 saturated carbocycles. The maximum Gasteiger partial charge on any atom is 0.456 e. The second-order valence-electron chi connectivity index (χ2n) is 13.4. The summed E-state index contributed by atoms with van der Waals surface area (Å²) in [6, 6.07) is 13.8. The molecule has 1 N–H and O–H groups in total. The number of hydrogen-bond donors (Lipinski definition) is 1. The Bertz CT molecular complexity index is 1780. The normalized spacial score (nSPS) is 30.4. The van der Waals surface area contributed by atoms with Crippen molar-refractivity contribution < 1.29 is 31.9 Å². The maximum absolute atomic E-state index is 15.2. The number of hydrogen-bond acceptors (Lipinski definition) is 4. The first kappa shape index (κ1) is 30.5. The summed E-state index contributed by atoms with van der Waals surface area (Å²) in [6.07, 6.45) is 1.30. The van der Waals surface area contributed by atoms with Gasteiger partial charge in [-0.1, -0.05) is 55.0 Å². The number of halogens is 5. The fraction of sp³-hybridized carbons (Fsp3) is 0.444. The van der Waals surface area contributed by atoms with Gasteiger partial charge in [-0.3, -0.25) is 4.79 Å². The number of allylic oxidation sites excluding steroid dienone is 4. The van der Waals surface area contributed by atoms with Crippen LogP contribution in [0.15, 0.2) is 65.3 Å². The monoisotopic (exact) mass is 639 g/mol. The van der Waals surface area contributed by atoms with Gasteiger partial charge in [0.15, 0.2) is 5.78 Å². The Hall–Kier alpha value is -3.17. The van der Waals surface area contributed by atoms with Crippen LogP contribution >= 0.6 is 11.3 Å². The standard InChI is InChI=1S/C36H34F5NO2S/c1-20-42-30-17-22(7-14-31(30)45-20)4-3-21-5-8-23(9-6-21)28-19-33(2)29(15-16-34(33,44)35(37,38)36(39,40)41)27-12-10-24-18-25(43)11-13-26(24)32(27)28/h3-9,14,17-18,27-29,44H,10-13,15-16,19H2,1-2H3/t27-,28+,29-,33-,34-/m0/s1. The van der Waals surface area contributed by atoms with Crippen molar-refractivity contribution in [2.75, 3.05) is 0 Å². The second kappa shape index (κ2) is 10.4. The van der Waals surface area contributed by atoms with Crippen molar-refractivity contribution >= 4 is 39.5 Å². The molecule has 1 heterocycles. The lowest BCUT2D eigenvalue weighted by Crippen LogP contribution is -2.65. The van der Waals surface area contributed by atoms with Gasteiger partial charge < -0.3 is 5.11 Å². The number of carbonyl (C=O) groups is 1. The summed E-state index contributed by atoms with van der Waals surface area (Å²) >= 11 is 1.64. The first-order valence-electron chi connectivity index (χ1n) is 15.5. The second-order valence-corrected chi connectivity index (χ2v) is 14.7. The molecule has 2 aromatic carbocycles. The van der Waals surface area contributed by atoms with Crippen molar-refractivity contribution in [3.05, 3.63) is 87.0 Å². The Balaban J connectivity index is 1.27. The van der Waals surface area contributed by atoms with Gasteiger partial charge in [0.2, 0.25) is 0 Å². The third-order valence-electron chi connectivity index (χ3n) is 11.1. The van der Waals surface area contributed by atoms with Crippen LogP contribution in [0.25, 0.3) is 22.4 Å². The van der Waals surface area contributed by atoms with Gasteiger partial charge >= 0.3 is 12.1 Å². The van der Waals surface area contributed by atoms with Gasteiger partial charge in [-0.15, -0.1) is 11.3 Å². The molecule has 0 unspecified atom stereocenters. The van der Waals surface area contributed by atoms with Crippen LogP contribution in [-0.4, -0.2) is 33.6 Å². The first-order valence-corrected chi connectivity index (χ1v) is 16.3. The third-order valence-corrected chi connectivity index (χ3v) is 12.0. The van der Waals surface area contributed by atoms with E-state index < -0.39 is 41.4 Å². The van der Waals surface area contributed by atoms with Crippen molar-refractivity contribution in [3.63, 3.8) is 0 Å². The highest BCUT2D eigenvalue weighted by atomic mass is 32.1. The molecule has 4 aliphatic rings. The van der Waals surface area contributed by atoms with Gasteiger partial charge in [0.1, 0.15) is 5.60 Å². The molecule has 1 aromatic heterocycles. The van der Waals surface area contributed by atoms with Gasteiger partial charge in [0, 0.05) is 17.8 Å². The molecule has 4 aliphatic carbocycles. The summed E-state index contributed by atoms with van der Waals surface area (Å²) in [5.74, 6) is -6.40. The molecule has 7 rings (SSSR count). The quantitative estimate of drug-likeness (QED) is 0.229. The third kappa shape index (κ3) is 4.67. The van der Waals surface area contributed by atoms with Gasteiger partial charge in [0.05, 0.1) is 15.2 Å². The number of benzene rings is 2. The zero-order valence-corrected chi connectivity index (χ0v) is 25.9. The van der Waals surface area contributed by atoms with E-state index in [1.54, 1.807) is 17.4 Å². The number of ketones is 1. The Labute approximate surface area is 262 Å². The SMILES string of the molecule is Cc1nc2cc(C=Cc3ccc([C@H]4C[C@@]5(C)[C@@H](CC[C@@]5(O)C(F)(F)C(F)(F)F)[C@@H]5CCC6=CC(=O)CCC6=C54)cc3)ccc2s1. The average molecular weight is 640 g/mol. The summed E-state index contributed by atoms with van der Waals surface area (Å²) in [4.78, 5) is 16.8. The van der Waals surface area contributed by atoms with E-state index in [0.29, 0.717) is 25.7 Å². The molecule has 0 amide bonds. The van der Waals surface area contributed by atoms with E-state index in [-0.39, 0.29) is 24.5 Å². The lowest BCUT2D eigenvalue weighted by atomic mass is 9.50. The highest BCUT2D eigenvalue weighted by molar-refractivity contribution is 7.18. The summed E-state index contributed by atoms with van der Waals surface area (Å²) in [6.45, 7) is 3.42. The number of thiazole rings is 1. The molecule has 45 heavy (non-hydrogen) atoms. The number of rotatable bonds is 4. The molecular formula is C36H34F5NO2S. The van der Waals surface area contributed by atoms with Crippen LogP contribution < -0.4 is 0 Å². The van der Waals surface area contributed by atoms with Crippen molar-refractivity contribution in [3.8, 4) is 0 Å². The molecule has 0 bridgehead atoms. The van der Waals surface area contributed by atoms with E-state index in [0.717, 1.165) is 48.6 Å². The van der Waals surface area contributed by atoms with E-state index >= 15 is 8.78 Å². The fourth-order valence-electron chi connectivity index (χ4n) is 8.91. The first-order chi connectivity index (χ1) is 21.2. The minimum atomic E-state index is -5.86. The summed E-state index contributed by atoms with van der Waals surface area (Å²) in [5.41, 5.74) is 1.89. The lowest BCUT2D eigenvalue weighted by Gasteiger charge is -2.56. The van der Waals surface area contributed by atoms with Crippen molar-refractivity contribution in [1.82, 2.24) is 4.98 Å². The van der Waals surface area contributed by atoms with Crippen LogP contribution in [0.2, 0.25) is 0 Å². The zero-order valence-electron chi connectivity index (χ0n) is 25.1. The van der Waals surface area contributed by atoms with Crippen LogP contribution in [0.3, 0.4) is 0 Å². The van der Waals surface area contributed by atoms with Gasteiger partial charge in [-0.2, -0.15) is 22.0 Å². The molecule has 5 atom stereocenters. The van der Waals surface area contributed by atoms with Gasteiger partial charge in [-0.25, -0.2) is 4.98 Å². The topological polar surface area (TPSA) is 50.2 Å². The van der Waals surface area contributed by atoms with E-state index in [4.69, 9.17) is 0 Å². The smallest absolute Gasteiger partial charge is 0.383 e. The van der Waals surface area contributed by atoms with Crippen LogP contribution in [0, 0.1) is 24.2 Å². The molecule has 0 spiro atoms. The van der Waals surface area contributed by atoms with Crippen LogP contribution in [-0.2, 0) is 4.79 Å². The molecule has 0 saturated heterocycles. The Morgan fingerprint density at radius 3 is 2.42 bits per heavy atom. The fourth-order valence-corrected chi connectivity index (χ4v) is 9.72. The molecular weight excluding hydrogens is 605 g/mol. The minimum Gasteiger partial charge on any atom is -0.383 e. The van der Waals surface area contributed by atoms with Crippen LogP contribution in [0.5, 0.6) is 0 Å². The lowest BCUT2D eigenvalue weighted by molar-refractivity contribution is -0.362. The van der Waals surface area contributed by atoms with Crippen molar-refractivity contribution in [1.29, 1.82) is 0 Å². The van der Waals surface area contributed by atoms with Crippen LogP contribution in [0.1, 0.15) is 79.5 Å². The zero-order chi connectivity index (χ0) is 31.9. The molecule has 9 heteroatoms. The van der Waals surface area contributed by atoms with E-state index in [1.165, 1.54) is 6.92 Å². The molecule has 2 fully saturated rings. The summed E-state index contributed by atoms with van der Waals surface area (Å²) in [5, 5.41) is 12.5. The Kier molecular flexibility index (Phi) is 7.06. The number of aliphatic hydroxyl groups is 1. The predicted octanol–water partition coefficient (Wildman–Crippen LogP) is 9.60.